The van der Waals surface area contributed by atoms with Crippen molar-refractivity contribution in [3.05, 3.63) is 12.7 Å². The van der Waals surface area contributed by atoms with E-state index in [1.807, 2.05) is 0 Å². The fourth-order valence-corrected chi connectivity index (χ4v) is 0.863. The fraction of sp³-hybridized carbons (Fsp3) is 0.600. The summed E-state index contributed by atoms with van der Waals surface area (Å²) in [5.41, 5.74) is 0. The van der Waals surface area contributed by atoms with E-state index in [0.717, 1.165) is 0 Å². The summed E-state index contributed by atoms with van der Waals surface area (Å²) < 4.78 is 4.69. The van der Waals surface area contributed by atoms with E-state index in [0.29, 0.717) is 19.4 Å². The van der Waals surface area contributed by atoms with E-state index in [9.17, 15) is 9.59 Å². The van der Waals surface area contributed by atoms with Gasteiger partial charge in [0.25, 0.3) is 0 Å². The summed E-state index contributed by atoms with van der Waals surface area (Å²) >= 11 is 0. The van der Waals surface area contributed by atoms with Crippen LogP contribution < -0.4 is 0 Å². The van der Waals surface area contributed by atoms with Crippen molar-refractivity contribution in [3.8, 4) is 0 Å². The molecule has 0 saturated heterocycles. The van der Waals surface area contributed by atoms with E-state index >= 15 is 0 Å². The van der Waals surface area contributed by atoms with Crippen LogP contribution in [0.3, 0.4) is 0 Å². The highest BCUT2D eigenvalue weighted by Crippen LogP contribution is 2.00. The summed E-state index contributed by atoms with van der Waals surface area (Å²) in [5, 5.41) is 0. The summed E-state index contributed by atoms with van der Waals surface area (Å²) in [4.78, 5) is 21.9. The lowest BCUT2D eigenvalue weighted by Crippen LogP contribution is -2.07. The van der Waals surface area contributed by atoms with Gasteiger partial charge in [0, 0.05) is 12.8 Å². The zero-order valence-corrected chi connectivity index (χ0v) is 8.04. The molecule has 0 aliphatic carbocycles. The number of allylic oxidation sites excluding steroid dienone is 1. The fourth-order valence-electron chi connectivity index (χ4n) is 0.863. The van der Waals surface area contributed by atoms with Gasteiger partial charge in [0.05, 0.1) is 13.0 Å². The second-order valence-electron chi connectivity index (χ2n) is 2.67. The number of Topliss-reactive ketones (excluding diaryl/α,β-unsaturated/α-hetero) is 1. The molecule has 74 valence electrons. The van der Waals surface area contributed by atoms with Crippen molar-refractivity contribution in [2.24, 2.45) is 0 Å². The summed E-state index contributed by atoms with van der Waals surface area (Å²) in [7, 11) is 0. The smallest absolute Gasteiger partial charge is 0.306 e. The SMILES string of the molecule is C=CCCC(=O)CCC(=O)OCC. The molecule has 0 amide bonds. The molecule has 3 nitrogen and oxygen atoms in total. The zero-order chi connectivity index (χ0) is 10.1. The minimum Gasteiger partial charge on any atom is -0.466 e. The van der Waals surface area contributed by atoms with Crippen LogP contribution in [0.4, 0.5) is 0 Å². The van der Waals surface area contributed by atoms with Crippen molar-refractivity contribution in [2.75, 3.05) is 6.61 Å². The highest BCUT2D eigenvalue weighted by atomic mass is 16.5. The molecule has 0 atom stereocenters. The predicted molar refractivity (Wildman–Crippen MR) is 50.3 cm³/mol. The van der Waals surface area contributed by atoms with Crippen LogP contribution in [0.2, 0.25) is 0 Å². The zero-order valence-electron chi connectivity index (χ0n) is 8.04. The number of rotatable bonds is 7. The van der Waals surface area contributed by atoms with Gasteiger partial charge in [0.15, 0.2) is 0 Å². The average molecular weight is 184 g/mol. The van der Waals surface area contributed by atoms with Crippen LogP contribution in [0.1, 0.15) is 32.6 Å². The van der Waals surface area contributed by atoms with Gasteiger partial charge in [-0.2, -0.15) is 0 Å². The summed E-state index contributed by atoms with van der Waals surface area (Å²) in [6, 6.07) is 0. The molecule has 0 aromatic carbocycles. The van der Waals surface area contributed by atoms with Gasteiger partial charge in [-0.15, -0.1) is 6.58 Å². The largest absolute Gasteiger partial charge is 0.466 e. The molecule has 0 fully saturated rings. The van der Waals surface area contributed by atoms with Crippen LogP contribution in [0, 0.1) is 0 Å². The van der Waals surface area contributed by atoms with Gasteiger partial charge in [-0.1, -0.05) is 6.08 Å². The molecule has 0 aromatic rings. The van der Waals surface area contributed by atoms with E-state index in [2.05, 4.69) is 11.3 Å². The third kappa shape index (κ3) is 7.25. The molecule has 0 aromatic heterocycles. The van der Waals surface area contributed by atoms with Crippen LogP contribution >= 0.6 is 0 Å². The number of carbonyl (C=O) groups is 2. The quantitative estimate of drug-likeness (QED) is 0.448. The second-order valence-corrected chi connectivity index (χ2v) is 2.67. The standard InChI is InChI=1S/C10H16O3/c1-3-5-6-9(11)7-8-10(12)13-4-2/h3H,1,4-8H2,2H3. The van der Waals surface area contributed by atoms with Crippen molar-refractivity contribution < 1.29 is 14.3 Å². The van der Waals surface area contributed by atoms with Crippen molar-refractivity contribution in [2.45, 2.75) is 32.6 Å². The van der Waals surface area contributed by atoms with E-state index in [1.165, 1.54) is 0 Å². The third-order valence-electron chi connectivity index (χ3n) is 1.54. The second kappa shape index (κ2) is 7.53. The Morgan fingerprint density at radius 1 is 1.31 bits per heavy atom. The molecule has 0 spiro atoms. The maximum atomic E-state index is 11.1. The molecule has 0 aliphatic heterocycles. The minimum absolute atomic E-state index is 0.0907. The Balaban J connectivity index is 3.45. The van der Waals surface area contributed by atoms with E-state index in [4.69, 9.17) is 0 Å². The van der Waals surface area contributed by atoms with Crippen molar-refractivity contribution in [1.29, 1.82) is 0 Å². The first-order chi connectivity index (χ1) is 6.20. The van der Waals surface area contributed by atoms with Crippen LogP contribution in [0.25, 0.3) is 0 Å². The Morgan fingerprint density at radius 2 is 2.00 bits per heavy atom. The molecular weight excluding hydrogens is 168 g/mol. The summed E-state index contributed by atoms with van der Waals surface area (Å²) in [6.07, 6.45) is 3.34. The van der Waals surface area contributed by atoms with Crippen molar-refractivity contribution >= 4 is 11.8 Å². The number of carbonyl (C=O) groups excluding carboxylic acids is 2. The molecule has 0 radical (unpaired) electrons. The Hall–Kier alpha value is -1.12. The summed E-state index contributed by atoms with van der Waals surface area (Å²) in [6.45, 7) is 5.64. The molecule has 0 saturated carbocycles. The van der Waals surface area contributed by atoms with Crippen LogP contribution in [-0.4, -0.2) is 18.4 Å². The van der Waals surface area contributed by atoms with Crippen LogP contribution in [0.5, 0.6) is 0 Å². The molecule has 0 bridgehead atoms. The molecule has 13 heavy (non-hydrogen) atoms. The minimum atomic E-state index is -0.297. The van der Waals surface area contributed by atoms with Gasteiger partial charge in [0.2, 0.25) is 0 Å². The monoisotopic (exact) mass is 184 g/mol. The Kier molecular flexibility index (Phi) is 6.88. The van der Waals surface area contributed by atoms with E-state index in [1.54, 1.807) is 13.0 Å². The molecular formula is C10H16O3. The average Bonchev–Trinajstić information content (AvgIpc) is 2.12. The molecule has 0 heterocycles. The Labute approximate surface area is 78.8 Å². The molecule has 0 aliphatic rings. The van der Waals surface area contributed by atoms with Gasteiger partial charge in [0.1, 0.15) is 5.78 Å². The van der Waals surface area contributed by atoms with Crippen molar-refractivity contribution in [1.82, 2.24) is 0 Å². The normalized spacial score (nSPS) is 9.31. The Morgan fingerprint density at radius 3 is 2.54 bits per heavy atom. The van der Waals surface area contributed by atoms with Gasteiger partial charge in [-0.25, -0.2) is 0 Å². The van der Waals surface area contributed by atoms with Gasteiger partial charge in [-0.05, 0) is 13.3 Å². The lowest BCUT2D eigenvalue weighted by atomic mass is 10.1. The number of ether oxygens (including phenoxy) is 1. The van der Waals surface area contributed by atoms with E-state index < -0.39 is 0 Å². The molecule has 3 heteroatoms. The lowest BCUT2D eigenvalue weighted by molar-refractivity contribution is -0.144. The van der Waals surface area contributed by atoms with Crippen molar-refractivity contribution in [3.63, 3.8) is 0 Å². The maximum Gasteiger partial charge on any atom is 0.306 e. The van der Waals surface area contributed by atoms with Crippen LogP contribution in [-0.2, 0) is 14.3 Å². The Bertz CT molecular complexity index is 185. The molecule has 0 N–H and O–H groups in total. The first kappa shape index (κ1) is 11.9. The first-order valence-electron chi connectivity index (χ1n) is 4.49. The summed E-state index contributed by atoms with van der Waals surface area (Å²) in [5.74, 6) is -0.206. The molecule has 0 rings (SSSR count). The van der Waals surface area contributed by atoms with Gasteiger partial charge < -0.3 is 4.74 Å². The predicted octanol–water partition coefficient (Wildman–Crippen LogP) is 1.86. The number of esters is 1. The highest BCUT2D eigenvalue weighted by Gasteiger charge is 2.06. The van der Waals surface area contributed by atoms with Gasteiger partial charge in [-0.3, -0.25) is 9.59 Å². The third-order valence-corrected chi connectivity index (χ3v) is 1.54. The number of ketones is 1. The first-order valence-corrected chi connectivity index (χ1v) is 4.49. The molecule has 0 unspecified atom stereocenters. The van der Waals surface area contributed by atoms with Crippen LogP contribution in [0.15, 0.2) is 12.7 Å². The maximum absolute atomic E-state index is 11.1. The van der Waals surface area contributed by atoms with E-state index in [-0.39, 0.29) is 24.6 Å². The highest BCUT2D eigenvalue weighted by molar-refractivity contribution is 5.82. The lowest BCUT2D eigenvalue weighted by Gasteiger charge is -2.00. The topological polar surface area (TPSA) is 43.4 Å². The number of hydrogen-bond acceptors (Lipinski definition) is 3. The number of hydrogen-bond donors (Lipinski definition) is 0. The van der Waals surface area contributed by atoms with Gasteiger partial charge >= 0.3 is 5.97 Å².